The van der Waals surface area contributed by atoms with Crippen LogP contribution in [0, 0.1) is 12.7 Å². The molecular weight excluding hydrogens is 151 g/mol. The highest BCUT2D eigenvalue weighted by Gasteiger charge is 2.07. The van der Waals surface area contributed by atoms with Crippen LogP contribution < -0.4 is 0 Å². The first-order valence-corrected chi connectivity index (χ1v) is 4.41. The smallest absolute Gasteiger partial charge is 0.126 e. The van der Waals surface area contributed by atoms with Gasteiger partial charge in [0.15, 0.2) is 0 Å². The average Bonchev–Trinajstić information content (AvgIpc) is 2.03. The van der Waals surface area contributed by atoms with Gasteiger partial charge < -0.3 is 0 Å². The van der Waals surface area contributed by atoms with Crippen molar-refractivity contribution in [2.24, 2.45) is 0 Å². The molecule has 1 aromatic carbocycles. The number of hydrogen-bond acceptors (Lipinski definition) is 0. The first-order valence-electron chi connectivity index (χ1n) is 4.41. The van der Waals surface area contributed by atoms with Crippen molar-refractivity contribution < 1.29 is 4.39 Å². The highest BCUT2D eigenvalue weighted by atomic mass is 19.1. The van der Waals surface area contributed by atoms with Crippen molar-refractivity contribution in [3.05, 3.63) is 35.1 Å². The van der Waals surface area contributed by atoms with Gasteiger partial charge in [0.05, 0.1) is 0 Å². The second kappa shape index (κ2) is 3.70. The fourth-order valence-corrected chi connectivity index (χ4v) is 1.25. The van der Waals surface area contributed by atoms with E-state index in [2.05, 4.69) is 6.92 Å². The molecule has 0 bridgehead atoms. The van der Waals surface area contributed by atoms with Crippen molar-refractivity contribution in [2.75, 3.05) is 0 Å². The molecule has 0 amide bonds. The summed E-state index contributed by atoms with van der Waals surface area (Å²) in [5, 5.41) is 0. The Bertz CT molecular complexity index is 266. The lowest BCUT2D eigenvalue weighted by atomic mass is 9.97. The number of benzene rings is 1. The largest absolute Gasteiger partial charge is 0.207 e. The lowest BCUT2D eigenvalue weighted by Crippen LogP contribution is -1.95. The van der Waals surface area contributed by atoms with E-state index in [1.54, 1.807) is 6.07 Å². The molecule has 1 aromatic rings. The van der Waals surface area contributed by atoms with Crippen LogP contribution in [0.15, 0.2) is 18.2 Å². The van der Waals surface area contributed by atoms with Gasteiger partial charge in [-0.25, -0.2) is 4.39 Å². The van der Waals surface area contributed by atoms with Gasteiger partial charge in [0.2, 0.25) is 0 Å². The monoisotopic (exact) mass is 166 g/mol. The van der Waals surface area contributed by atoms with Gasteiger partial charge in [0.1, 0.15) is 5.82 Å². The lowest BCUT2D eigenvalue weighted by molar-refractivity contribution is 0.582. The van der Waals surface area contributed by atoms with Crippen LogP contribution in [0.2, 0.25) is 0 Å². The molecule has 0 aliphatic rings. The predicted octanol–water partition coefficient (Wildman–Crippen LogP) is 3.65. The number of halogens is 1. The molecule has 0 aliphatic heterocycles. The third-order valence-corrected chi connectivity index (χ3v) is 2.30. The molecule has 0 nitrogen and oxygen atoms in total. The summed E-state index contributed by atoms with van der Waals surface area (Å²) < 4.78 is 13.3. The first kappa shape index (κ1) is 9.24. The third kappa shape index (κ3) is 1.84. The minimum absolute atomic E-state index is 0.0654. The summed E-state index contributed by atoms with van der Waals surface area (Å²) in [4.78, 5) is 0. The molecule has 0 saturated carbocycles. The molecule has 0 saturated heterocycles. The maximum Gasteiger partial charge on any atom is 0.126 e. The zero-order valence-electron chi connectivity index (χ0n) is 7.89. The van der Waals surface area contributed by atoms with E-state index < -0.39 is 0 Å². The normalized spacial score (nSPS) is 13.0. The fraction of sp³-hybridized carbons (Fsp3) is 0.455. The molecule has 0 radical (unpaired) electrons. The first-order chi connectivity index (χ1) is 5.65. The molecule has 0 aromatic heterocycles. The fourth-order valence-electron chi connectivity index (χ4n) is 1.25. The SMILES string of the molecule is CCC(C)c1ccc(C)cc1F. The van der Waals surface area contributed by atoms with Crippen molar-refractivity contribution in [3.63, 3.8) is 0 Å². The van der Waals surface area contributed by atoms with E-state index in [0.717, 1.165) is 17.5 Å². The Labute approximate surface area is 73.4 Å². The molecule has 12 heavy (non-hydrogen) atoms. The topological polar surface area (TPSA) is 0 Å². The molecule has 0 N–H and O–H groups in total. The quantitative estimate of drug-likeness (QED) is 0.629. The summed E-state index contributed by atoms with van der Waals surface area (Å²) in [5.74, 6) is 0.259. The molecule has 0 fully saturated rings. The maximum atomic E-state index is 13.3. The Kier molecular flexibility index (Phi) is 2.85. The molecule has 1 heteroatoms. The van der Waals surface area contributed by atoms with Crippen LogP contribution in [-0.4, -0.2) is 0 Å². The zero-order valence-corrected chi connectivity index (χ0v) is 7.89. The van der Waals surface area contributed by atoms with Gasteiger partial charge in [0.25, 0.3) is 0 Å². The Hall–Kier alpha value is -0.850. The highest BCUT2D eigenvalue weighted by Crippen LogP contribution is 2.22. The summed E-state index contributed by atoms with van der Waals surface area (Å²) >= 11 is 0. The Morgan fingerprint density at radius 2 is 2.08 bits per heavy atom. The summed E-state index contributed by atoms with van der Waals surface area (Å²) in [6, 6.07) is 5.45. The van der Waals surface area contributed by atoms with Crippen LogP contribution in [0.3, 0.4) is 0 Å². The zero-order chi connectivity index (χ0) is 9.14. The standard InChI is InChI=1S/C11H15F/c1-4-9(3)10-6-5-8(2)7-11(10)12/h5-7,9H,4H2,1-3H3. The van der Waals surface area contributed by atoms with Crippen molar-refractivity contribution in [1.82, 2.24) is 0 Å². The van der Waals surface area contributed by atoms with Gasteiger partial charge >= 0.3 is 0 Å². The van der Waals surface area contributed by atoms with E-state index in [-0.39, 0.29) is 5.82 Å². The summed E-state index contributed by atoms with van der Waals surface area (Å²) in [7, 11) is 0. The van der Waals surface area contributed by atoms with Gasteiger partial charge in [-0.05, 0) is 36.5 Å². The molecule has 0 spiro atoms. The van der Waals surface area contributed by atoms with Gasteiger partial charge in [-0.3, -0.25) is 0 Å². The molecule has 0 aliphatic carbocycles. The van der Waals surface area contributed by atoms with Crippen molar-refractivity contribution >= 4 is 0 Å². The van der Waals surface area contributed by atoms with E-state index in [1.807, 2.05) is 26.0 Å². The molecule has 1 unspecified atom stereocenters. The van der Waals surface area contributed by atoms with Gasteiger partial charge in [-0.2, -0.15) is 0 Å². The molecular formula is C11H15F. The summed E-state index contributed by atoms with van der Waals surface area (Å²) in [6.45, 7) is 6.03. The average molecular weight is 166 g/mol. The maximum absolute atomic E-state index is 13.3. The van der Waals surface area contributed by atoms with Crippen LogP contribution in [0.25, 0.3) is 0 Å². The Morgan fingerprint density at radius 1 is 1.42 bits per heavy atom. The Balaban J connectivity index is 3.01. The number of hydrogen-bond donors (Lipinski definition) is 0. The van der Waals surface area contributed by atoms with Gasteiger partial charge in [-0.15, -0.1) is 0 Å². The molecule has 1 atom stereocenters. The van der Waals surface area contributed by atoms with Crippen LogP contribution in [0.4, 0.5) is 4.39 Å². The number of aryl methyl sites for hydroxylation is 1. The van der Waals surface area contributed by atoms with Gasteiger partial charge in [0, 0.05) is 0 Å². The highest BCUT2D eigenvalue weighted by molar-refractivity contribution is 5.25. The second-order valence-electron chi connectivity index (χ2n) is 3.33. The predicted molar refractivity (Wildman–Crippen MR) is 49.8 cm³/mol. The lowest BCUT2D eigenvalue weighted by Gasteiger charge is -2.10. The van der Waals surface area contributed by atoms with E-state index >= 15 is 0 Å². The van der Waals surface area contributed by atoms with E-state index in [9.17, 15) is 4.39 Å². The van der Waals surface area contributed by atoms with Crippen molar-refractivity contribution in [3.8, 4) is 0 Å². The molecule has 0 heterocycles. The van der Waals surface area contributed by atoms with E-state index in [1.165, 1.54) is 0 Å². The van der Waals surface area contributed by atoms with Crippen molar-refractivity contribution in [2.45, 2.75) is 33.1 Å². The van der Waals surface area contributed by atoms with Gasteiger partial charge in [-0.1, -0.05) is 26.0 Å². The van der Waals surface area contributed by atoms with Crippen LogP contribution >= 0.6 is 0 Å². The minimum atomic E-state index is -0.0654. The van der Waals surface area contributed by atoms with Crippen LogP contribution in [0.1, 0.15) is 37.3 Å². The van der Waals surface area contributed by atoms with E-state index in [0.29, 0.717) is 5.92 Å². The summed E-state index contributed by atoms with van der Waals surface area (Å²) in [5.41, 5.74) is 1.82. The molecule has 1 rings (SSSR count). The Morgan fingerprint density at radius 3 is 2.58 bits per heavy atom. The van der Waals surface area contributed by atoms with Crippen molar-refractivity contribution in [1.29, 1.82) is 0 Å². The number of rotatable bonds is 2. The molecule has 66 valence electrons. The summed E-state index contributed by atoms with van der Waals surface area (Å²) in [6.07, 6.45) is 0.986. The third-order valence-electron chi connectivity index (χ3n) is 2.30. The van der Waals surface area contributed by atoms with Crippen LogP contribution in [-0.2, 0) is 0 Å². The second-order valence-corrected chi connectivity index (χ2v) is 3.33. The van der Waals surface area contributed by atoms with Crippen LogP contribution in [0.5, 0.6) is 0 Å². The minimum Gasteiger partial charge on any atom is -0.207 e. The van der Waals surface area contributed by atoms with E-state index in [4.69, 9.17) is 0 Å².